The molecule has 1 atom stereocenters. The summed E-state index contributed by atoms with van der Waals surface area (Å²) >= 11 is 0. The highest BCUT2D eigenvalue weighted by molar-refractivity contribution is 7.91. The first kappa shape index (κ1) is 16.9. The zero-order valence-electron chi connectivity index (χ0n) is 11.1. The number of nitrogens with zero attached hydrogens (tertiary/aromatic N) is 2. The molecule has 0 aliphatic heterocycles. The summed E-state index contributed by atoms with van der Waals surface area (Å²) in [5.41, 5.74) is 0. The maximum absolute atomic E-state index is 12.1. The molecule has 0 rings (SSSR count). The Morgan fingerprint density at radius 2 is 1.83 bits per heavy atom. The summed E-state index contributed by atoms with van der Waals surface area (Å²) in [4.78, 5) is 0. The summed E-state index contributed by atoms with van der Waals surface area (Å²) in [5, 5.41) is 17.6. The molecule has 0 aromatic rings. The van der Waals surface area contributed by atoms with Gasteiger partial charge in [-0.3, -0.25) is 0 Å². The Morgan fingerprint density at radius 1 is 1.17 bits per heavy atom. The van der Waals surface area contributed by atoms with E-state index in [1.807, 2.05) is 6.07 Å². The first-order valence-corrected chi connectivity index (χ1v) is 7.75. The van der Waals surface area contributed by atoms with Crippen LogP contribution in [-0.2, 0) is 10.0 Å². The Kier molecular flexibility index (Phi) is 7.58. The first-order valence-electron chi connectivity index (χ1n) is 6.27. The van der Waals surface area contributed by atoms with Crippen molar-refractivity contribution >= 4 is 10.0 Å². The molecule has 0 saturated carbocycles. The molecule has 0 heterocycles. The van der Waals surface area contributed by atoms with Crippen LogP contribution in [0.25, 0.3) is 0 Å². The second-order valence-corrected chi connectivity index (χ2v) is 6.33. The molecule has 0 aromatic carbocycles. The minimum atomic E-state index is -3.77. The van der Waals surface area contributed by atoms with Crippen LogP contribution in [0.3, 0.4) is 0 Å². The molecular formula is C12H21N3O2S. The fourth-order valence-corrected chi connectivity index (χ4v) is 3.24. The van der Waals surface area contributed by atoms with E-state index in [1.54, 1.807) is 13.0 Å². The lowest BCUT2D eigenvalue weighted by Crippen LogP contribution is -2.45. The molecule has 0 bridgehead atoms. The van der Waals surface area contributed by atoms with Crippen molar-refractivity contribution < 1.29 is 8.42 Å². The van der Waals surface area contributed by atoms with Gasteiger partial charge in [0.1, 0.15) is 0 Å². The van der Waals surface area contributed by atoms with Crippen LogP contribution in [0.5, 0.6) is 0 Å². The van der Waals surface area contributed by atoms with E-state index in [0.29, 0.717) is 12.8 Å². The number of nitriles is 2. The molecule has 0 aliphatic carbocycles. The van der Waals surface area contributed by atoms with Crippen molar-refractivity contribution in [3.8, 4) is 12.1 Å². The van der Waals surface area contributed by atoms with Crippen LogP contribution in [0.2, 0.25) is 0 Å². The molecule has 0 saturated heterocycles. The standard InChI is InChI=1S/C12H21N3O2S/c1-3-5-6-7-8-12(4-2,11-14)18(16,17)15-10-9-13/h15H,3-8,10H2,1-2H3. The van der Waals surface area contributed by atoms with Crippen molar-refractivity contribution in [3.05, 3.63) is 0 Å². The fourth-order valence-electron chi connectivity index (χ4n) is 1.80. The number of hydrogen-bond donors (Lipinski definition) is 1. The minimum absolute atomic E-state index is 0.233. The van der Waals surface area contributed by atoms with Crippen LogP contribution < -0.4 is 4.72 Å². The monoisotopic (exact) mass is 271 g/mol. The molecule has 0 aromatic heterocycles. The predicted molar refractivity (Wildman–Crippen MR) is 69.9 cm³/mol. The quantitative estimate of drug-likeness (QED) is 0.513. The average molecular weight is 271 g/mol. The Hall–Kier alpha value is -1.11. The Balaban J connectivity index is 4.82. The van der Waals surface area contributed by atoms with E-state index in [0.717, 1.165) is 19.3 Å². The SMILES string of the molecule is CCCCCCC(C#N)(CC)S(=O)(=O)NCC#N. The van der Waals surface area contributed by atoms with Crippen molar-refractivity contribution in [1.29, 1.82) is 10.5 Å². The second kappa shape index (κ2) is 8.07. The Labute approximate surface area is 110 Å². The van der Waals surface area contributed by atoms with Gasteiger partial charge in [0.25, 0.3) is 0 Å². The van der Waals surface area contributed by atoms with Crippen LogP contribution in [0.1, 0.15) is 52.4 Å². The summed E-state index contributed by atoms with van der Waals surface area (Å²) in [6.45, 7) is 3.47. The normalized spacial score (nSPS) is 14.4. The van der Waals surface area contributed by atoms with E-state index >= 15 is 0 Å². The molecule has 1 unspecified atom stereocenters. The number of rotatable bonds is 9. The largest absolute Gasteiger partial charge is 0.231 e. The van der Waals surface area contributed by atoms with Gasteiger partial charge in [-0.1, -0.05) is 39.5 Å². The van der Waals surface area contributed by atoms with Crippen molar-refractivity contribution in [2.45, 2.75) is 57.1 Å². The lowest BCUT2D eigenvalue weighted by Gasteiger charge is -2.24. The molecular weight excluding hydrogens is 250 g/mol. The molecule has 5 nitrogen and oxygen atoms in total. The zero-order chi connectivity index (χ0) is 14.1. The van der Waals surface area contributed by atoms with E-state index in [2.05, 4.69) is 11.6 Å². The highest BCUT2D eigenvalue weighted by Crippen LogP contribution is 2.27. The number of unbranched alkanes of at least 4 members (excludes halogenated alkanes) is 3. The lowest BCUT2D eigenvalue weighted by molar-refractivity contribution is 0.497. The maximum Gasteiger partial charge on any atom is 0.231 e. The fraction of sp³-hybridized carbons (Fsp3) is 0.833. The molecule has 1 N–H and O–H groups in total. The highest BCUT2D eigenvalue weighted by Gasteiger charge is 2.41. The molecule has 0 fully saturated rings. The highest BCUT2D eigenvalue weighted by atomic mass is 32.2. The third kappa shape index (κ3) is 4.29. The van der Waals surface area contributed by atoms with Crippen LogP contribution in [0, 0.1) is 22.7 Å². The third-order valence-electron chi connectivity index (χ3n) is 3.06. The molecule has 0 aliphatic rings. The van der Waals surface area contributed by atoms with Gasteiger partial charge in [0.15, 0.2) is 4.75 Å². The molecule has 6 heteroatoms. The lowest BCUT2D eigenvalue weighted by atomic mass is 9.99. The van der Waals surface area contributed by atoms with E-state index in [4.69, 9.17) is 5.26 Å². The average Bonchev–Trinajstić information content (AvgIpc) is 2.37. The van der Waals surface area contributed by atoms with Gasteiger partial charge in [-0.2, -0.15) is 15.2 Å². The van der Waals surface area contributed by atoms with E-state index < -0.39 is 14.8 Å². The smallest absolute Gasteiger partial charge is 0.211 e. The number of hydrogen-bond acceptors (Lipinski definition) is 4. The molecule has 0 amide bonds. The Bertz CT molecular complexity index is 420. The summed E-state index contributed by atoms with van der Waals surface area (Å²) in [5.74, 6) is 0. The summed E-state index contributed by atoms with van der Waals surface area (Å²) < 4.78 is 24.9. The van der Waals surface area contributed by atoms with Crippen LogP contribution in [0.4, 0.5) is 0 Å². The van der Waals surface area contributed by atoms with Gasteiger partial charge >= 0.3 is 0 Å². The maximum atomic E-state index is 12.1. The molecule has 102 valence electrons. The van der Waals surface area contributed by atoms with Gasteiger partial charge < -0.3 is 0 Å². The summed E-state index contributed by atoms with van der Waals surface area (Å²) in [6, 6.07) is 3.65. The van der Waals surface area contributed by atoms with E-state index in [1.165, 1.54) is 0 Å². The number of sulfonamides is 1. The van der Waals surface area contributed by atoms with E-state index in [9.17, 15) is 13.7 Å². The van der Waals surface area contributed by atoms with Crippen LogP contribution in [-0.4, -0.2) is 19.7 Å². The van der Waals surface area contributed by atoms with Crippen molar-refractivity contribution in [2.24, 2.45) is 0 Å². The minimum Gasteiger partial charge on any atom is -0.211 e. The molecule has 0 radical (unpaired) electrons. The number of nitrogens with one attached hydrogen (secondary N) is 1. The van der Waals surface area contributed by atoms with Gasteiger partial charge in [0.05, 0.1) is 18.7 Å². The third-order valence-corrected chi connectivity index (χ3v) is 5.20. The Morgan fingerprint density at radius 3 is 2.28 bits per heavy atom. The molecule has 0 spiro atoms. The van der Waals surface area contributed by atoms with Crippen molar-refractivity contribution in [1.82, 2.24) is 4.72 Å². The van der Waals surface area contributed by atoms with E-state index in [-0.39, 0.29) is 13.0 Å². The van der Waals surface area contributed by atoms with Gasteiger partial charge in [-0.05, 0) is 12.8 Å². The topological polar surface area (TPSA) is 93.8 Å². The van der Waals surface area contributed by atoms with Gasteiger partial charge in [0.2, 0.25) is 10.0 Å². The predicted octanol–water partition coefficient (Wildman–Crippen LogP) is 2.07. The summed E-state index contributed by atoms with van der Waals surface area (Å²) in [7, 11) is -3.77. The zero-order valence-corrected chi connectivity index (χ0v) is 11.9. The van der Waals surface area contributed by atoms with Gasteiger partial charge in [0, 0.05) is 0 Å². The van der Waals surface area contributed by atoms with Crippen LogP contribution >= 0.6 is 0 Å². The van der Waals surface area contributed by atoms with Crippen molar-refractivity contribution in [2.75, 3.05) is 6.54 Å². The van der Waals surface area contributed by atoms with Gasteiger partial charge in [-0.25, -0.2) is 8.42 Å². The van der Waals surface area contributed by atoms with Crippen LogP contribution in [0.15, 0.2) is 0 Å². The summed E-state index contributed by atoms with van der Waals surface area (Å²) in [6.07, 6.45) is 4.29. The second-order valence-electron chi connectivity index (χ2n) is 4.25. The first-order chi connectivity index (χ1) is 8.49. The van der Waals surface area contributed by atoms with Gasteiger partial charge in [-0.15, -0.1) is 0 Å². The molecule has 18 heavy (non-hydrogen) atoms. The van der Waals surface area contributed by atoms with Crippen molar-refractivity contribution in [3.63, 3.8) is 0 Å².